The second-order valence-electron chi connectivity index (χ2n) is 7.99. The van der Waals surface area contributed by atoms with Gasteiger partial charge in [0.05, 0.1) is 22.6 Å². The minimum atomic E-state index is -4.27. The van der Waals surface area contributed by atoms with Crippen molar-refractivity contribution in [2.24, 2.45) is 5.92 Å². The minimum Gasteiger partial charge on any atom is -0.388 e. The molecule has 1 aromatic carbocycles. The van der Waals surface area contributed by atoms with Crippen molar-refractivity contribution in [3.63, 3.8) is 0 Å². The molecule has 0 bridgehead atoms. The molecule has 152 valence electrons. The first kappa shape index (κ1) is 19.2. The second kappa shape index (κ2) is 7.39. The predicted molar refractivity (Wildman–Crippen MR) is 102 cm³/mol. The summed E-state index contributed by atoms with van der Waals surface area (Å²) < 4.78 is 39.4. The van der Waals surface area contributed by atoms with Crippen LogP contribution >= 0.6 is 0 Å². The lowest BCUT2D eigenvalue weighted by atomic mass is 9.77. The molecular weight excluding hydrogens is 369 g/mol. The number of alkyl halides is 3. The number of aliphatic hydroxyl groups is 1. The van der Waals surface area contributed by atoms with Gasteiger partial charge in [-0.3, -0.25) is 0 Å². The van der Waals surface area contributed by atoms with Gasteiger partial charge in [0.2, 0.25) is 0 Å². The Labute approximate surface area is 162 Å². The molecule has 2 atom stereocenters. The quantitative estimate of drug-likeness (QED) is 0.817. The summed E-state index contributed by atoms with van der Waals surface area (Å²) in [6.45, 7) is 1.79. The Balaban J connectivity index is 1.57. The SMILES string of the molecule is OC1(CNc2nc3ccccc3nc2N2CCCC2)CCCC(C(F)(F)F)C1. The first-order valence-electron chi connectivity index (χ1n) is 9.89. The molecule has 1 aliphatic heterocycles. The lowest BCUT2D eigenvalue weighted by molar-refractivity contribution is -0.199. The third-order valence-corrected chi connectivity index (χ3v) is 5.83. The monoisotopic (exact) mass is 394 g/mol. The summed E-state index contributed by atoms with van der Waals surface area (Å²) in [4.78, 5) is 11.5. The van der Waals surface area contributed by atoms with Gasteiger partial charge in [0.15, 0.2) is 11.6 Å². The highest BCUT2D eigenvalue weighted by Gasteiger charge is 2.47. The van der Waals surface area contributed by atoms with Crippen LogP contribution in [0.1, 0.15) is 38.5 Å². The second-order valence-corrected chi connectivity index (χ2v) is 7.99. The Morgan fingerprint density at radius 2 is 1.79 bits per heavy atom. The Morgan fingerprint density at radius 1 is 1.11 bits per heavy atom. The van der Waals surface area contributed by atoms with Crippen molar-refractivity contribution in [3.05, 3.63) is 24.3 Å². The van der Waals surface area contributed by atoms with Crippen LogP contribution in [0.5, 0.6) is 0 Å². The molecule has 0 radical (unpaired) electrons. The van der Waals surface area contributed by atoms with Crippen molar-refractivity contribution in [1.29, 1.82) is 0 Å². The van der Waals surface area contributed by atoms with E-state index in [1.54, 1.807) is 0 Å². The molecule has 2 fully saturated rings. The third-order valence-electron chi connectivity index (χ3n) is 5.83. The number of halogens is 3. The Morgan fingerprint density at radius 3 is 2.46 bits per heavy atom. The molecule has 0 amide bonds. The smallest absolute Gasteiger partial charge is 0.388 e. The molecule has 2 unspecified atom stereocenters. The maximum absolute atomic E-state index is 13.1. The number of para-hydroxylation sites is 2. The van der Waals surface area contributed by atoms with E-state index in [9.17, 15) is 18.3 Å². The van der Waals surface area contributed by atoms with E-state index >= 15 is 0 Å². The summed E-state index contributed by atoms with van der Waals surface area (Å²) in [7, 11) is 0. The fraction of sp³-hybridized carbons (Fsp3) is 0.600. The highest BCUT2D eigenvalue weighted by Crippen LogP contribution is 2.42. The summed E-state index contributed by atoms with van der Waals surface area (Å²) in [5.41, 5.74) is 0.105. The molecule has 0 spiro atoms. The van der Waals surface area contributed by atoms with Crippen molar-refractivity contribution in [3.8, 4) is 0 Å². The van der Waals surface area contributed by atoms with E-state index in [0.29, 0.717) is 24.5 Å². The van der Waals surface area contributed by atoms with Gasteiger partial charge in [-0.1, -0.05) is 12.1 Å². The Bertz CT molecular complexity index is 838. The van der Waals surface area contributed by atoms with Crippen molar-refractivity contribution in [1.82, 2.24) is 9.97 Å². The van der Waals surface area contributed by atoms with Gasteiger partial charge in [0.1, 0.15) is 0 Å². The average molecular weight is 394 g/mol. The van der Waals surface area contributed by atoms with E-state index in [0.717, 1.165) is 37.0 Å². The van der Waals surface area contributed by atoms with Gasteiger partial charge in [0.25, 0.3) is 0 Å². The van der Waals surface area contributed by atoms with Crippen molar-refractivity contribution in [2.75, 3.05) is 29.9 Å². The van der Waals surface area contributed by atoms with Gasteiger partial charge in [-0.25, -0.2) is 9.97 Å². The van der Waals surface area contributed by atoms with Crippen molar-refractivity contribution >= 4 is 22.7 Å². The largest absolute Gasteiger partial charge is 0.391 e. The lowest BCUT2D eigenvalue weighted by Gasteiger charge is -2.38. The van der Waals surface area contributed by atoms with Crippen LogP contribution in [-0.2, 0) is 0 Å². The van der Waals surface area contributed by atoms with Crippen LogP contribution in [-0.4, -0.2) is 46.5 Å². The summed E-state index contributed by atoms with van der Waals surface area (Å²) in [6.07, 6.45) is -1.59. The zero-order valence-corrected chi connectivity index (χ0v) is 15.7. The van der Waals surface area contributed by atoms with E-state index in [1.165, 1.54) is 0 Å². The first-order valence-corrected chi connectivity index (χ1v) is 9.89. The maximum Gasteiger partial charge on any atom is 0.391 e. The number of hydrogen-bond donors (Lipinski definition) is 2. The third kappa shape index (κ3) is 4.01. The molecule has 2 aromatic rings. The Hall–Kier alpha value is -2.09. The van der Waals surface area contributed by atoms with E-state index in [1.807, 2.05) is 24.3 Å². The molecular formula is C20H25F3N4O. The van der Waals surface area contributed by atoms with Crippen LogP contribution in [0, 0.1) is 5.92 Å². The summed E-state index contributed by atoms with van der Waals surface area (Å²) in [5.74, 6) is -0.208. The van der Waals surface area contributed by atoms with Crippen LogP contribution < -0.4 is 10.2 Å². The van der Waals surface area contributed by atoms with E-state index in [-0.39, 0.29) is 19.4 Å². The van der Waals surface area contributed by atoms with Gasteiger partial charge < -0.3 is 15.3 Å². The van der Waals surface area contributed by atoms with Gasteiger partial charge in [-0.15, -0.1) is 0 Å². The van der Waals surface area contributed by atoms with Crippen molar-refractivity contribution in [2.45, 2.75) is 50.3 Å². The highest BCUT2D eigenvalue weighted by atomic mass is 19.4. The van der Waals surface area contributed by atoms with E-state index in [2.05, 4.69) is 15.2 Å². The number of fused-ring (bicyclic) bond motifs is 1. The molecule has 4 rings (SSSR count). The van der Waals surface area contributed by atoms with E-state index in [4.69, 9.17) is 4.98 Å². The van der Waals surface area contributed by atoms with Gasteiger partial charge in [-0.05, 0) is 50.7 Å². The zero-order valence-electron chi connectivity index (χ0n) is 15.7. The number of nitrogens with one attached hydrogen (secondary N) is 1. The number of benzene rings is 1. The van der Waals surface area contributed by atoms with E-state index < -0.39 is 17.7 Å². The van der Waals surface area contributed by atoms with Crippen molar-refractivity contribution < 1.29 is 18.3 Å². The lowest BCUT2D eigenvalue weighted by Crippen LogP contribution is -2.45. The molecule has 1 saturated heterocycles. The number of anilines is 2. The molecule has 5 nitrogen and oxygen atoms in total. The number of hydrogen-bond acceptors (Lipinski definition) is 5. The normalized spacial score (nSPS) is 26.0. The van der Waals surface area contributed by atoms with Crippen LogP contribution in [0.15, 0.2) is 24.3 Å². The van der Waals surface area contributed by atoms with Gasteiger partial charge >= 0.3 is 6.18 Å². The van der Waals surface area contributed by atoms with Crippen LogP contribution in [0.3, 0.4) is 0 Å². The summed E-state index contributed by atoms with van der Waals surface area (Å²) in [6, 6.07) is 7.53. The molecule has 8 heteroatoms. The predicted octanol–water partition coefficient (Wildman–Crippen LogP) is 4.13. The summed E-state index contributed by atoms with van der Waals surface area (Å²) >= 11 is 0. The maximum atomic E-state index is 13.1. The van der Waals surface area contributed by atoms with Crippen LogP contribution in [0.2, 0.25) is 0 Å². The fourth-order valence-electron chi connectivity index (χ4n) is 4.29. The topological polar surface area (TPSA) is 61.3 Å². The standard InChI is InChI=1S/C20H25F3N4O/c21-20(22,23)14-6-5-9-19(28,12-14)13-24-17-18(27-10-3-4-11-27)26-16-8-2-1-7-15(16)25-17/h1-2,7-8,14,28H,3-6,9-13H2,(H,24,25). The molecule has 2 heterocycles. The summed E-state index contributed by atoms with van der Waals surface area (Å²) in [5, 5.41) is 13.9. The number of aromatic nitrogens is 2. The number of nitrogens with zero attached hydrogens (tertiary/aromatic N) is 3. The van der Waals surface area contributed by atoms with Gasteiger partial charge in [0, 0.05) is 19.6 Å². The minimum absolute atomic E-state index is 0.0352. The van der Waals surface area contributed by atoms with Gasteiger partial charge in [-0.2, -0.15) is 13.2 Å². The molecule has 28 heavy (non-hydrogen) atoms. The fourth-order valence-corrected chi connectivity index (χ4v) is 4.29. The zero-order chi connectivity index (χ0) is 19.8. The number of rotatable bonds is 4. The van der Waals surface area contributed by atoms with Crippen LogP contribution in [0.25, 0.3) is 11.0 Å². The Kier molecular flexibility index (Phi) is 5.07. The molecule has 2 aliphatic rings. The molecule has 1 aromatic heterocycles. The first-order chi connectivity index (χ1) is 13.3. The average Bonchev–Trinajstić information content (AvgIpc) is 3.20. The molecule has 1 aliphatic carbocycles. The molecule has 2 N–H and O–H groups in total. The molecule has 1 saturated carbocycles. The highest BCUT2D eigenvalue weighted by molar-refractivity contribution is 5.80. The van der Waals surface area contributed by atoms with Crippen LogP contribution in [0.4, 0.5) is 24.8 Å².